The number of hydrogen-bond acceptors (Lipinski definition) is 3. The van der Waals surface area contributed by atoms with Crippen molar-refractivity contribution in [2.75, 3.05) is 6.54 Å². The highest BCUT2D eigenvalue weighted by Crippen LogP contribution is 2.17. The molecule has 1 aromatic rings. The molecule has 122 valence electrons. The molecule has 0 radical (unpaired) electrons. The molecule has 0 atom stereocenters. The van der Waals surface area contributed by atoms with E-state index in [1.165, 1.54) is 10.6 Å². The number of carboxylic acid groups (broad SMARTS) is 1. The molecule has 2 N–H and O–H groups in total. The van der Waals surface area contributed by atoms with Gasteiger partial charge in [0, 0.05) is 31.8 Å². The summed E-state index contributed by atoms with van der Waals surface area (Å²) in [6.07, 6.45) is 3.97. The predicted octanol–water partition coefficient (Wildman–Crippen LogP) is 1.64. The van der Waals surface area contributed by atoms with E-state index in [1.807, 2.05) is 0 Å². The largest absolute Gasteiger partial charge is 0.481 e. The van der Waals surface area contributed by atoms with Crippen LogP contribution in [0.15, 0.2) is 29.2 Å². The minimum Gasteiger partial charge on any atom is -0.481 e. The lowest BCUT2D eigenvalue weighted by Gasteiger charge is -2.24. The average molecular weight is 308 g/mol. The van der Waals surface area contributed by atoms with Gasteiger partial charge in [-0.3, -0.25) is 14.4 Å². The molecule has 0 bridgehead atoms. The van der Waals surface area contributed by atoms with Gasteiger partial charge < -0.3 is 15.0 Å². The summed E-state index contributed by atoms with van der Waals surface area (Å²) in [4.78, 5) is 34.3. The fraction of sp³-hybridized carbons (Fsp3) is 0.562. The second-order valence-corrected chi connectivity index (χ2v) is 6.01. The van der Waals surface area contributed by atoms with Crippen molar-refractivity contribution < 1.29 is 14.7 Å². The summed E-state index contributed by atoms with van der Waals surface area (Å²) in [5.41, 5.74) is -0.816. The number of carbonyl (C=O) groups excluding carboxylic acids is 1. The monoisotopic (exact) mass is 308 g/mol. The first-order chi connectivity index (χ1) is 10.3. The van der Waals surface area contributed by atoms with Gasteiger partial charge in [0.25, 0.3) is 5.56 Å². The number of aliphatic carboxylic acids is 1. The summed E-state index contributed by atoms with van der Waals surface area (Å²) in [6, 6.07) is 4.90. The number of nitrogens with zero attached hydrogens (tertiary/aromatic N) is 1. The van der Waals surface area contributed by atoms with Crippen molar-refractivity contribution >= 4 is 11.9 Å². The quantitative estimate of drug-likeness (QED) is 0.679. The Bertz CT molecular complexity index is 563. The maximum Gasteiger partial charge on any atom is 0.303 e. The Kier molecular flexibility index (Phi) is 6.82. The molecule has 0 aliphatic carbocycles. The molecule has 22 heavy (non-hydrogen) atoms. The fourth-order valence-electron chi connectivity index (χ4n) is 2.11. The van der Waals surface area contributed by atoms with Gasteiger partial charge in [-0.1, -0.05) is 12.5 Å². The molecule has 1 rings (SSSR count). The standard InChI is InChI=1S/C16H24N2O4/c1-16(2,12-18-11-7-5-8-13(18)19)15(22)17-10-6-3-4-9-14(20)21/h5,7-8,11H,3-4,6,9-10,12H2,1-2H3,(H,17,22)(H,20,21). The minimum atomic E-state index is -0.793. The number of carbonyl (C=O) groups is 2. The van der Waals surface area contributed by atoms with Gasteiger partial charge in [-0.05, 0) is 32.8 Å². The third-order valence-electron chi connectivity index (χ3n) is 3.43. The normalized spacial score (nSPS) is 11.2. The second-order valence-electron chi connectivity index (χ2n) is 6.01. The molecule has 0 unspecified atom stereocenters. The van der Waals surface area contributed by atoms with E-state index in [1.54, 1.807) is 32.2 Å². The van der Waals surface area contributed by atoms with Gasteiger partial charge in [0.05, 0.1) is 5.41 Å². The van der Waals surface area contributed by atoms with E-state index in [0.29, 0.717) is 19.5 Å². The molecule has 6 heteroatoms. The second kappa shape index (κ2) is 8.36. The lowest BCUT2D eigenvalue weighted by Crippen LogP contribution is -2.41. The molecule has 1 aromatic heterocycles. The van der Waals surface area contributed by atoms with Crippen molar-refractivity contribution in [3.05, 3.63) is 34.7 Å². The number of hydrogen-bond donors (Lipinski definition) is 2. The zero-order valence-electron chi connectivity index (χ0n) is 13.2. The van der Waals surface area contributed by atoms with Gasteiger partial charge in [0.2, 0.25) is 5.91 Å². The van der Waals surface area contributed by atoms with Crippen LogP contribution in [0, 0.1) is 5.41 Å². The van der Waals surface area contributed by atoms with Gasteiger partial charge >= 0.3 is 5.97 Å². The number of nitrogens with one attached hydrogen (secondary N) is 1. The third-order valence-corrected chi connectivity index (χ3v) is 3.43. The molecule has 0 fully saturated rings. The summed E-state index contributed by atoms with van der Waals surface area (Å²) in [6.45, 7) is 4.43. The highest BCUT2D eigenvalue weighted by molar-refractivity contribution is 5.81. The summed E-state index contributed by atoms with van der Waals surface area (Å²) < 4.78 is 1.52. The zero-order valence-corrected chi connectivity index (χ0v) is 13.2. The Labute approximate surface area is 130 Å². The van der Waals surface area contributed by atoms with Crippen molar-refractivity contribution in [3.63, 3.8) is 0 Å². The van der Waals surface area contributed by atoms with Crippen molar-refractivity contribution in [1.82, 2.24) is 9.88 Å². The van der Waals surface area contributed by atoms with Crippen molar-refractivity contribution in [2.24, 2.45) is 5.41 Å². The van der Waals surface area contributed by atoms with Crippen LogP contribution in [0.5, 0.6) is 0 Å². The van der Waals surface area contributed by atoms with E-state index in [9.17, 15) is 14.4 Å². The van der Waals surface area contributed by atoms with Crippen LogP contribution in [-0.2, 0) is 16.1 Å². The summed E-state index contributed by atoms with van der Waals surface area (Å²) in [7, 11) is 0. The van der Waals surface area contributed by atoms with Crippen molar-refractivity contribution in [2.45, 2.75) is 46.1 Å². The van der Waals surface area contributed by atoms with Gasteiger partial charge in [0.15, 0.2) is 0 Å². The molecule has 0 aliphatic heterocycles. The van der Waals surface area contributed by atoms with Gasteiger partial charge in [-0.2, -0.15) is 0 Å². The average Bonchev–Trinajstić information content (AvgIpc) is 2.44. The van der Waals surface area contributed by atoms with Crippen LogP contribution in [0.2, 0.25) is 0 Å². The van der Waals surface area contributed by atoms with E-state index in [0.717, 1.165) is 12.8 Å². The van der Waals surface area contributed by atoms with Gasteiger partial charge in [-0.25, -0.2) is 0 Å². The number of amides is 1. The smallest absolute Gasteiger partial charge is 0.303 e. The van der Waals surface area contributed by atoms with Crippen LogP contribution in [0.1, 0.15) is 39.5 Å². The fourth-order valence-corrected chi connectivity index (χ4v) is 2.11. The van der Waals surface area contributed by atoms with E-state index in [-0.39, 0.29) is 17.9 Å². The van der Waals surface area contributed by atoms with Crippen molar-refractivity contribution in [3.8, 4) is 0 Å². The SMILES string of the molecule is CC(C)(Cn1ccccc1=O)C(=O)NCCCCCC(=O)O. The lowest BCUT2D eigenvalue weighted by atomic mass is 9.92. The van der Waals surface area contributed by atoms with E-state index >= 15 is 0 Å². The Morgan fingerprint density at radius 2 is 1.95 bits per heavy atom. The van der Waals surface area contributed by atoms with Gasteiger partial charge in [0.1, 0.15) is 0 Å². The van der Waals surface area contributed by atoms with E-state index in [2.05, 4.69) is 5.32 Å². The molecule has 0 spiro atoms. The third kappa shape index (κ3) is 6.11. The highest BCUT2D eigenvalue weighted by atomic mass is 16.4. The molecule has 0 saturated carbocycles. The van der Waals surface area contributed by atoms with E-state index in [4.69, 9.17) is 5.11 Å². The lowest BCUT2D eigenvalue weighted by molar-refractivity contribution is -0.137. The first-order valence-electron chi connectivity index (χ1n) is 7.48. The molecule has 0 aliphatic rings. The highest BCUT2D eigenvalue weighted by Gasteiger charge is 2.27. The first-order valence-corrected chi connectivity index (χ1v) is 7.48. The molecule has 6 nitrogen and oxygen atoms in total. The Morgan fingerprint density at radius 3 is 2.59 bits per heavy atom. The molecular weight excluding hydrogens is 284 g/mol. The number of unbranched alkanes of at least 4 members (excludes halogenated alkanes) is 2. The molecule has 0 aromatic carbocycles. The topological polar surface area (TPSA) is 88.4 Å². The molecule has 0 saturated heterocycles. The summed E-state index contributed by atoms with van der Waals surface area (Å²) >= 11 is 0. The van der Waals surface area contributed by atoms with Gasteiger partial charge in [-0.15, -0.1) is 0 Å². The number of rotatable bonds is 9. The Balaban J connectivity index is 2.38. The summed E-state index contributed by atoms with van der Waals surface area (Å²) in [5, 5.41) is 11.4. The summed E-state index contributed by atoms with van der Waals surface area (Å²) in [5.74, 6) is -0.903. The Morgan fingerprint density at radius 1 is 1.23 bits per heavy atom. The molecule has 1 amide bonds. The van der Waals surface area contributed by atoms with Crippen LogP contribution in [0.4, 0.5) is 0 Å². The number of aromatic nitrogens is 1. The maximum atomic E-state index is 12.2. The van der Waals surface area contributed by atoms with Crippen LogP contribution >= 0.6 is 0 Å². The zero-order chi connectivity index (χ0) is 16.6. The van der Waals surface area contributed by atoms with Crippen molar-refractivity contribution in [1.29, 1.82) is 0 Å². The van der Waals surface area contributed by atoms with Crippen LogP contribution < -0.4 is 10.9 Å². The molecule has 1 heterocycles. The van der Waals surface area contributed by atoms with Crippen LogP contribution in [-0.4, -0.2) is 28.1 Å². The minimum absolute atomic E-state index is 0.110. The number of carboxylic acids is 1. The first kappa shape index (κ1) is 17.9. The predicted molar refractivity (Wildman–Crippen MR) is 83.6 cm³/mol. The molecular formula is C16H24N2O4. The Hall–Kier alpha value is -2.11. The maximum absolute atomic E-state index is 12.2. The number of pyridine rings is 1. The van der Waals surface area contributed by atoms with Crippen LogP contribution in [0.25, 0.3) is 0 Å². The van der Waals surface area contributed by atoms with Crippen LogP contribution in [0.3, 0.4) is 0 Å². The van der Waals surface area contributed by atoms with E-state index < -0.39 is 11.4 Å².